The van der Waals surface area contributed by atoms with Crippen molar-refractivity contribution in [2.24, 2.45) is 16.2 Å². The molecule has 21 heavy (non-hydrogen) atoms. The molecule has 0 aromatic heterocycles. The lowest BCUT2D eigenvalue weighted by atomic mass is 9.89. The topological polar surface area (TPSA) is 52.6 Å². The summed E-state index contributed by atoms with van der Waals surface area (Å²) in [6, 6.07) is 0. The lowest BCUT2D eigenvalue weighted by molar-refractivity contribution is -0.163. The number of esters is 2. The second kappa shape index (κ2) is 7.28. The molecule has 0 atom stereocenters. The van der Waals surface area contributed by atoms with Crippen molar-refractivity contribution in [3.8, 4) is 0 Å². The largest absolute Gasteiger partial charge is 0.465 e. The number of hydrogen-bond acceptors (Lipinski definition) is 4. The third-order valence-electron chi connectivity index (χ3n) is 4.06. The van der Waals surface area contributed by atoms with Gasteiger partial charge in [-0.05, 0) is 40.5 Å². The van der Waals surface area contributed by atoms with Gasteiger partial charge in [0.1, 0.15) is 0 Å². The number of carbonyl (C=O) groups is 2. The summed E-state index contributed by atoms with van der Waals surface area (Å²) in [5.74, 6) is -0.420. The molecule has 0 aromatic carbocycles. The fourth-order valence-corrected chi connectivity index (χ4v) is 1.24. The average molecular weight is 300 g/mol. The molecule has 0 N–H and O–H groups in total. The van der Waals surface area contributed by atoms with Crippen LogP contribution in [-0.2, 0) is 19.1 Å². The van der Waals surface area contributed by atoms with Crippen LogP contribution in [0.3, 0.4) is 0 Å². The zero-order valence-corrected chi connectivity index (χ0v) is 15.0. The summed E-state index contributed by atoms with van der Waals surface area (Å²) in [6.45, 7) is 15.7. The van der Waals surface area contributed by atoms with Gasteiger partial charge in [-0.25, -0.2) is 0 Å². The molecule has 0 aliphatic heterocycles. The SMILES string of the molecule is CCC(C)(C)C(=O)OCC(C)(C)COC(=O)C(C)(C)CC. The Hall–Kier alpha value is -1.06. The number of rotatable bonds is 8. The minimum absolute atomic E-state index is 0.210. The van der Waals surface area contributed by atoms with E-state index in [0.717, 1.165) is 12.8 Å². The van der Waals surface area contributed by atoms with Crippen LogP contribution in [0.25, 0.3) is 0 Å². The van der Waals surface area contributed by atoms with Crippen LogP contribution in [0.5, 0.6) is 0 Å². The molecular formula is C17H32O4. The fraction of sp³-hybridized carbons (Fsp3) is 0.882. The molecule has 0 spiro atoms. The first-order valence-corrected chi connectivity index (χ1v) is 7.72. The van der Waals surface area contributed by atoms with Crippen LogP contribution in [0, 0.1) is 16.2 Å². The second-order valence-electron chi connectivity index (χ2n) is 7.79. The maximum atomic E-state index is 12.0. The number of ether oxygens (including phenoxy) is 2. The maximum absolute atomic E-state index is 12.0. The van der Waals surface area contributed by atoms with Gasteiger partial charge in [0.05, 0.1) is 24.0 Å². The Labute approximate surface area is 129 Å². The summed E-state index contributed by atoms with van der Waals surface area (Å²) < 4.78 is 10.8. The highest BCUT2D eigenvalue weighted by atomic mass is 16.5. The van der Waals surface area contributed by atoms with Gasteiger partial charge < -0.3 is 9.47 Å². The van der Waals surface area contributed by atoms with Crippen molar-refractivity contribution in [3.05, 3.63) is 0 Å². The smallest absolute Gasteiger partial charge is 0.311 e. The van der Waals surface area contributed by atoms with Crippen molar-refractivity contribution >= 4 is 11.9 Å². The van der Waals surface area contributed by atoms with E-state index in [9.17, 15) is 9.59 Å². The predicted octanol–water partition coefficient (Wildman–Crippen LogP) is 3.97. The number of carbonyl (C=O) groups excluding carboxylic acids is 2. The molecule has 0 rings (SSSR count). The van der Waals surface area contributed by atoms with E-state index in [-0.39, 0.29) is 30.6 Å². The van der Waals surface area contributed by atoms with Crippen molar-refractivity contribution in [2.75, 3.05) is 13.2 Å². The molecule has 124 valence electrons. The third-order valence-corrected chi connectivity index (χ3v) is 4.06. The van der Waals surface area contributed by atoms with Gasteiger partial charge in [0, 0.05) is 5.41 Å². The van der Waals surface area contributed by atoms with E-state index in [1.807, 2.05) is 55.4 Å². The second-order valence-corrected chi connectivity index (χ2v) is 7.79. The molecule has 0 fully saturated rings. The Morgan fingerprint density at radius 1 is 0.714 bits per heavy atom. The van der Waals surface area contributed by atoms with E-state index in [0.29, 0.717) is 0 Å². The molecule has 0 saturated heterocycles. The molecular weight excluding hydrogens is 268 g/mol. The quantitative estimate of drug-likeness (QED) is 0.636. The van der Waals surface area contributed by atoms with Crippen molar-refractivity contribution in [1.29, 1.82) is 0 Å². The van der Waals surface area contributed by atoms with Crippen LogP contribution < -0.4 is 0 Å². The summed E-state index contributed by atoms with van der Waals surface area (Å²) in [5.41, 5.74) is -1.34. The summed E-state index contributed by atoms with van der Waals surface area (Å²) in [6.07, 6.45) is 1.46. The Kier molecular flexibility index (Phi) is 6.91. The van der Waals surface area contributed by atoms with E-state index in [1.165, 1.54) is 0 Å². The Balaban J connectivity index is 4.40. The first-order valence-electron chi connectivity index (χ1n) is 7.72. The van der Waals surface area contributed by atoms with E-state index in [1.54, 1.807) is 0 Å². The lowest BCUT2D eigenvalue weighted by Crippen LogP contribution is -2.35. The monoisotopic (exact) mass is 300 g/mol. The highest BCUT2D eigenvalue weighted by molar-refractivity contribution is 5.76. The van der Waals surface area contributed by atoms with Crippen LogP contribution in [0.2, 0.25) is 0 Å². The summed E-state index contributed by atoms with van der Waals surface area (Å²) in [5, 5.41) is 0. The minimum atomic E-state index is -0.475. The van der Waals surface area contributed by atoms with E-state index >= 15 is 0 Å². The van der Waals surface area contributed by atoms with Crippen LogP contribution in [0.15, 0.2) is 0 Å². The summed E-state index contributed by atoms with van der Waals surface area (Å²) in [4.78, 5) is 23.9. The Morgan fingerprint density at radius 2 is 1.00 bits per heavy atom. The van der Waals surface area contributed by atoms with Crippen LogP contribution >= 0.6 is 0 Å². The van der Waals surface area contributed by atoms with E-state index in [4.69, 9.17) is 9.47 Å². The molecule has 4 heteroatoms. The Bertz CT molecular complexity index is 333. The minimum Gasteiger partial charge on any atom is -0.465 e. The molecule has 0 aliphatic rings. The van der Waals surface area contributed by atoms with Gasteiger partial charge in [-0.15, -0.1) is 0 Å². The Morgan fingerprint density at radius 3 is 1.24 bits per heavy atom. The van der Waals surface area contributed by atoms with Crippen molar-refractivity contribution in [2.45, 2.75) is 68.2 Å². The molecule has 0 amide bonds. The van der Waals surface area contributed by atoms with Gasteiger partial charge >= 0.3 is 11.9 Å². The van der Waals surface area contributed by atoms with Gasteiger partial charge in [-0.3, -0.25) is 9.59 Å². The average Bonchev–Trinajstić information content (AvgIpc) is 2.42. The zero-order chi connectivity index (χ0) is 16.9. The van der Waals surface area contributed by atoms with Gasteiger partial charge in [0.2, 0.25) is 0 Å². The van der Waals surface area contributed by atoms with Crippen molar-refractivity contribution < 1.29 is 19.1 Å². The van der Waals surface area contributed by atoms with E-state index in [2.05, 4.69) is 0 Å². The van der Waals surface area contributed by atoms with Crippen LogP contribution in [-0.4, -0.2) is 25.2 Å². The van der Waals surface area contributed by atoms with E-state index < -0.39 is 10.8 Å². The van der Waals surface area contributed by atoms with Gasteiger partial charge in [0.15, 0.2) is 0 Å². The summed E-state index contributed by atoms with van der Waals surface area (Å²) in [7, 11) is 0. The zero-order valence-electron chi connectivity index (χ0n) is 15.0. The standard InChI is InChI=1S/C17H32O4/c1-9-16(5,6)13(18)20-11-15(3,4)12-21-14(19)17(7,8)10-2/h9-12H2,1-8H3. The molecule has 0 aliphatic carbocycles. The summed E-state index contributed by atoms with van der Waals surface area (Å²) >= 11 is 0. The van der Waals surface area contributed by atoms with Gasteiger partial charge in [0.25, 0.3) is 0 Å². The first-order chi connectivity index (χ1) is 9.38. The van der Waals surface area contributed by atoms with Crippen molar-refractivity contribution in [1.82, 2.24) is 0 Å². The predicted molar refractivity (Wildman–Crippen MR) is 83.8 cm³/mol. The highest BCUT2D eigenvalue weighted by Crippen LogP contribution is 2.26. The van der Waals surface area contributed by atoms with Gasteiger partial charge in [-0.2, -0.15) is 0 Å². The molecule has 0 unspecified atom stereocenters. The van der Waals surface area contributed by atoms with Crippen LogP contribution in [0.1, 0.15) is 68.2 Å². The maximum Gasteiger partial charge on any atom is 0.311 e. The number of hydrogen-bond donors (Lipinski definition) is 0. The molecule has 0 radical (unpaired) electrons. The fourth-order valence-electron chi connectivity index (χ4n) is 1.24. The lowest BCUT2D eigenvalue weighted by Gasteiger charge is -2.29. The third kappa shape index (κ3) is 6.49. The van der Waals surface area contributed by atoms with Gasteiger partial charge in [-0.1, -0.05) is 27.7 Å². The molecule has 4 nitrogen and oxygen atoms in total. The highest BCUT2D eigenvalue weighted by Gasteiger charge is 2.32. The van der Waals surface area contributed by atoms with Crippen LogP contribution in [0.4, 0.5) is 0 Å². The molecule has 0 aromatic rings. The molecule has 0 bridgehead atoms. The normalized spacial score (nSPS) is 13.0. The van der Waals surface area contributed by atoms with Crippen molar-refractivity contribution in [3.63, 3.8) is 0 Å². The first kappa shape index (κ1) is 19.9. The molecule has 0 saturated carbocycles. The molecule has 0 heterocycles.